The molecule has 0 saturated carbocycles. The Hall–Kier alpha value is -0.410. The van der Waals surface area contributed by atoms with Crippen LogP contribution in [0.25, 0.3) is 0 Å². The Morgan fingerprint density at radius 3 is 2.50 bits per heavy atom. The van der Waals surface area contributed by atoms with E-state index in [0.29, 0.717) is 13.0 Å². The van der Waals surface area contributed by atoms with Gasteiger partial charge in [-0.05, 0) is 53.9 Å². The molecule has 0 aromatic heterocycles. The third-order valence-electron chi connectivity index (χ3n) is 4.62. The van der Waals surface area contributed by atoms with Crippen LogP contribution in [-0.4, -0.2) is 38.7 Å². The van der Waals surface area contributed by atoms with E-state index in [2.05, 4.69) is 6.58 Å². The monoisotopic (exact) mass is 327 g/mol. The van der Waals surface area contributed by atoms with E-state index in [1.54, 1.807) is 12.2 Å². The van der Waals surface area contributed by atoms with Crippen molar-refractivity contribution in [2.45, 2.75) is 76.3 Å². The average molecular weight is 327 g/mol. The van der Waals surface area contributed by atoms with Gasteiger partial charge in [0.1, 0.15) is 5.66 Å². The summed E-state index contributed by atoms with van der Waals surface area (Å²) in [5, 5.41) is 11.0. The Bertz CT molecular complexity index is 520. The average Bonchev–Trinajstić information content (AvgIpc) is 2.73. The molecule has 5 heteroatoms. The molecule has 2 rings (SSSR count). The Kier molecular flexibility index (Phi) is 4.56. The van der Waals surface area contributed by atoms with E-state index in [1.165, 1.54) is 0 Å². The summed E-state index contributed by atoms with van der Waals surface area (Å²) < 4.78 is 22.1. The van der Waals surface area contributed by atoms with Gasteiger partial charge in [0, 0.05) is 12.1 Å². The first-order chi connectivity index (χ1) is 9.95. The zero-order valence-corrected chi connectivity index (χ0v) is 15.4. The minimum atomic E-state index is -3.28. The minimum absolute atomic E-state index is 0.300. The van der Waals surface area contributed by atoms with E-state index in [4.69, 9.17) is 4.52 Å². The summed E-state index contributed by atoms with van der Waals surface area (Å²) in [4.78, 5) is 0. The summed E-state index contributed by atoms with van der Waals surface area (Å²) in [7, 11) is -3.28. The zero-order valence-electron chi connectivity index (χ0n) is 14.5. The second-order valence-electron chi connectivity index (χ2n) is 8.07. The molecule has 0 bridgehead atoms. The lowest BCUT2D eigenvalue weighted by Gasteiger charge is -2.52. The number of rotatable bonds is 3. The van der Waals surface area contributed by atoms with Crippen molar-refractivity contribution in [1.29, 1.82) is 0 Å². The SMILES string of the molecule is C=CC(C1(O)C=CCC1)P1(=O)OC(C)(C)CCN1C(C)(C)C. The highest BCUT2D eigenvalue weighted by molar-refractivity contribution is 7.57. The van der Waals surface area contributed by atoms with Crippen molar-refractivity contribution in [3.8, 4) is 0 Å². The maximum Gasteiger partial charge on any atom is 0.283 e. The van der Waals surface area contributed by atoms with Gasteiger partial charge in [0.15, 0.2) is 0 Å². The highest BCUT2D eigenvalue weighted by Crippen LogP contribution is 2.66. The van der Waals surface area contributed by atoms with Gasteiger partial charge in [-0.2, -0.15) is 0 Å². The van der Waals surface area contributed by atoms with Gasteiger partial charge in [-0.15, -0.1) is 6.58 Å². The molecule has 1 aliphatic heterocycles. The molecule has 0 spiro atoms. The fourth-order valence-corrected chi connectivity index (χ4v) is 7.05. The predicted octanol–water partition coefficient (Wildman–Crippen LogP) is 4.11. The van der Waals surface area contributed by atoms with Crippen LogP contribution in [0.15, 0.2) is 24.8 Å². The van der Waals surface area contributed by atoms with Gasteiger partial charge in [0.25, 0.3) is 7.52 Å². The summed E-state index contributed by atoms with van der Waals surface area (Å²) in [5.41, 5.74) is -2.50. The number of hydrogen-bond acceptors (Lipinski definition) is 3. The second-order valence-corrected chi connectivity index (χ2v) is 10.4. The van der Waals surface area contributed by atoms with E-state index < -0.39 is 24.4 Å². The largest absolute Gasteiger partial charge is 0.385 e. The number of nitrogens with zero attached hydrogens (tertiary/aromatic N) is 1. The summed E-state index contributed by atoms with van der Waals surface area (Å²) in [5.74, 6) is 0. The van der Waals surface area contributed by atoms with Crippen LogP contribution in [-0.2, 0) is 9.09 Å². The van der Waals surface area contributed by atoms with Crippen LogP contribution in [0.1, 0.15) is 53.9 Å². The standard InChI is InChI=1S/C17H30NO3P/c1-7-14(17(19)10-8-9-11-17)22(20)18(15(2,3)4)13-12-16(5,6)21-22/h7-8,10,14,19H,1,9,11-13H2,2-6H3. The first kappa shape index (κ1) is 17.9. The van der Waals surface area contributed by atoms with Crippen LogP contribution in [0, 0.1) is 0 Å². The molecular formula is C17H30NO3P. The molecule has 3 unspecified atom stereocenters. The molecule has 1 fully saturated rings. The van der Waals surface area contributed by atoms with Crippen molar-refractivity contribution in [2.75, 3.05) is 6.54 Å². The predicted molar refractivity (Wildman–Crippen MR) is 91.2 cm³/mol. The van der Waals surface area contributed by atoms with Crippen LogP contribution in [0.2, 0.25) is 0 Å². The first-order valence-electron chi connectivity index (χ1n) is 8.06. The summed E-state index contributed by atoms with van der Waals surface area (Å²) >= 11 is 0. The van der Waals surface area contributed by atoms with Crippen LogP contribution in [0.4, 0.5) is 0 Å². The van der Waals surface area contributed by atoms with Crippen molar-refractivity contribution in [3.05, 3.63) is 24.8 Å². The highest BCUT2D eigenvalue weighted by Gasteiger charge is 2.56. The van der Waals surface area contributed by atoms with Crippen LogP contribution in [0.5, 0.6) is 0 Å². The topological polar surface area (TPSA) is 49.8 Å². The zero-order chi connectivity index (χ0) is 16.8. The number of hydrogen-bond donors (Lipinski definition) is 1. The smallest absolute Gasteiger partial charge is 0.283 e. The lowest BCUT2D eigenvalue weighted by atomic mass is 9.99. The summed E-state index contributed by atoms with van der Waals surface area (Å²) in [6.07, 6.45) is 7.50. The number of aliphatic hydroxyl groups is 1. The van der Waals surface area contributed by atoms with E-state index in [0.717, 1.165) is 12.8 Å². The minimum Gasteiger partial charge on any atom is -0.385 e. The van der Waals surface area contributed by atoms with Crippen molar-refractivity contribution >= 4 is 7.52 Å². The molecule has 0 aromatic carbocycles. The van der Waals surface area contributed by atoms with Gasteiger partial charge in [-0.3, -0.25) is 4.57 Å². The fraction of sp³-hybridized carbons (Fsp3) is 0.765. The van der Waals surface area contributed by atoms with Crippen molar-refractivity contribution < 1.29 is 14.2 Å². The molecule has 2 aliphatic rings. The van der Waals surface area contributed by atoms with E-state index in [9.17, 15) is 9.67 Å². The molecule has 0 radical (unpaired) electrons. The first-order valence-corrected chi connectivity index (χ1v) is 9.71. The van der Waals surface area contributed by atoms with Gasteiger partial charge in [0.05, 0.1) is 11.2 Å². The normalized spacial score (nSPS) is 37.2. The highest BCUT2D eigenvalue weighted by atomic mass is 31.2. The molecule has 3 atom stereocenters. The maximum atomic E-state index is 14.0. The molecule has 0 aromatic rings. The second kappa shape index (κ2) is 5.59. The molecule has 1 saturated heterocycles. The quantitative estimate of drug-likeness (QED) is 0.626. The maximum absolute atomic E-state index is 14.0. The van der Waals surface area contributed by atoms with E-state index >= 15 is 0 Å². The number of allylic oxidation sites excluding steroid dienone is 1. The Morgan fingerprint density at radius 1 is 1.41 bits per heavy atom. The fourth-order valence-electron chi connectivity index (χ4n) is 3.48. The Morgan fingerprint density at radius 2 is 2.05 bits per heavy atom. The van der Waals surface area contributed by atoms with Gasteiger partial charge >= 0.3 is 0 Å². The van der Waals surface area contributed by atoms with Gasteiger partial charge in [0.2, 0.25) is 0 Å². The van der Waals surface area contributed by atoms with Crippen molar-refractivity contribution in [1.82, 2.24) is 4.67 Å². The third-order valence-corrected chi connectivity index (χ3v) is 8.21. The van der Waals surface area contributed by atoms with Crippen LogP contribution >= 0.6 is 7.52 Å². The summed E-state index contributed by atoms with van der Waals surface area (Å²) in [6.45, 7) is 14.6. The molecule has 1 heterocycles. The van der Waals surface area contributed by atoms with Gasteiger partial charge in [-0.1, -0.05) is 18.2 Å². The Balaban J connectivity index is 2.50. The molecule has 22 heavy (non-hydrogen) atoms. The molecule has 0 amide bonds. The summed E-state index contributed by atoms with van der Waals surface area (Å²) in [6, 6.07) is 0. The van der Waals surface area contributed by atoms with Crippen LogP contribution < -0.4 is 0 Å². The molecular weight excluding hydrogens is 297 g/mol. The third kappa shape index (κ3) is 3.12. The molecule has 126 valence electrons. The van der Waals surface area contributed by atoms with Crippen LogP contribution in [0.3, 0.4) is 0 Å². The molecule has 4 nitrogen and oxygen atoms in total. The molecule has 1 N–H and O–H groups in total. The van der Waals surface area contributed by atoms with E-state index in [1.807, 2.05) is 45.4 Å². The molecule has 1 aliphatic carbocycles. The van der Waals surface area contributed by atoms with Crippen molar-refractivity contribution in [3.63, 3.8) is 0 Å². The Labute approximate surface area is 134 Å². The van der Waals surface area contributed by atoms with E-state index in [-0.39, 0.29) is 5.54 Å². The lowest BCUT2D eigenvalue weighted by molar-refractivity contribution is 0.0160. The lowest BCUT2D eigenvalue weighted by Crippen LogP contribution is -2.52. The van der Waals surface area contributed by atoms with Gasteiger partial charge < -0.3 is 9.63 Å². The van der Waals surface area contributed by atoms with Gasteiger partial charge in [-0.25, -0.2) is 4.67 Å². The van der Waals surface area contributed by atoms with Crippen molar-refractivity contribution in [2.24, 2.45) is 0 Å².